The maximum Gasteiger partial charge on any atom is 0.228 e. The highest BCUT2D eigenvalue weighted by molar-refractivity contribution is 8.07. The molecule has 3 N–H and O–H groups in total. The van der Waals surface area contributed by atoms with Crippen LogP contribution in [-0.4, -0.2) is 15.0 Å². The average molecular weight is 348 g/mol. The topological polar surface area (TPSA) is 76.7 Å². The maximum atomic E-state index is 5.77. The van der Waals surface area contributed by atoms with Crippen molar-refractivity contribution < 1.29 is 0 Å². The normalized spacial score (nSPS) is 19.2. The Hall–Kier alpha value is -1.73. The molecule has 3 rings (SSSR count). The maximum absolute atomic E-state index is 5.77. The second-order valence-electron chi connectivity index (χ2n) is 5.62. The van der Waals surface area contributed by atoms with Gasteiger partial charge in [0.05, 0.1) is 6.04 Å². The van der Waals surface area contributed by atoms with Crippen LogP contribution in [0.4, 0.5) is 11.9 Å². The van der Waals surface area contributed by atoms with Crippen molar-refractivity contribution in [2.45, 2.75) is 39.2 Å². The molecule has 2 aromatic rings. The Morgan fingerprint density at radius 2 is 1.96 bits per heavy atom. The number of hydrogen-bond donors (Lipinski definition) is 2. The number of nitrogens with one attached hydrogen (secondary N) is 1. The lowest BCUT2D eigenvalue weighted by atomic mass is 9.81. The van der Waals surface area contributed by atoms with Gasteiger partial charge in [0.15, 0.2) is 0 Å². The molecule has 1 aliphatic rings. The van der Waals surface area contributed by atoms with E-state index in [0.29, 0.717) is 11.9 Å². The van der Waals surface area contributed by atoms with Gasteiger partial charge in [-0.15, -0.1) is 0 Å². The van der Waals surface area contributed by atoms with Gasteiger partial charge in [0, 0.05) is 28.8 Å². The Bertz CT molecular complexity index is 665. The van der Waals surface area contributed by atoms with Gasteiger partial charge in [0.2, 0.25) is 11.9 Å². The van der Waals surface area contributed by atoms with Crippen LogP contribution in [0.25, 0.3) is 0 Å². The molecule has 2 atom stereocenters. The van der Waals surface area contributed by atoms with Gasteiger partial charge in [-0.25, -0.2) is 0 Å². The number of nitrogen functional groups attached to an aromatic ring is 1. The van der Waals surface area contributed by atoms with E-state index in [4.69, 9.17) is 5.73 Å². The van der Waals surface area contributed by atoms with E-state index < -0.39 is 0 Å². The SMILES string of the molecule is CCc1nc(N)nc(N[C@H]2c3ccccc3CC[C@@H]2C)n1.S=S. The number of fused-ring (bicyclic) bond motifs is 1. The number of benzene rings is 1. The Balaban J connectivity index is 0.000000924. The van der Waals surface area contributed by atoms with Crippen LogP contribution in [0.3, 0.4) is 0 Å². The van der Waals surface area contributed by atoms with Crippen LogP contribution >= 0.6 is 0 Å². The second-order valence-corrected chi connectivity index (χ2v) is 5.62. The van der Waals surface area contributed by atoms with Crippen LogP contribution in [-0.2, 0) is 35.2 Å². The third-order valence-corrected chi connectivity index (χ3v) is 4.13. The summed E-state index contributed by atoms with van der Waals surface area (Å²) in [7, 11) is 0. The van der Waals surface area contributed by atoms with E-state index in [1.165, 1.54) is 11.1 Å². The van der Waals surface area contributed by atoms with E-state index in [-0.39, 0.29) is 12.0 Å². The lowest BCUT2D eigenvalue weighted by Gasteiger charge is -2.32. The van der Waals surface area contributed by atoms with Crippen molar-refractivity contribution in [2.24, 2.45) is 5.92 Å². The van der Waals surface area contributed by atoms with E-state index in [0.717, 1.165) is 25.1 Å². The van der Waals surface area contributed by atoms with Crippen LogP contribution < -0.4 is 11.1 Å². The Morgan fingerprint density at radius 3 is 2.70 bits per heavy atom. The number of aryl methyl sites for hydroxylation is 2. The first-order valence-electron chi connectivity index (χ1n) is 7.68. The van der Waals surface area contributed by atoms with Crippen molar-refractivity contribution in [3.05, 3.63) is 41.2 Å². The molecule has 122 valence electrons. The smallest absolute Gasteiger partial charge is 0.228 e. The zero-order chi connectivity index (χ0) is 16.8. The lowest BCUT2D eigenvalue weighted by Crippen LogP contribution is -2.26. The molecular weight excluding hydrogens is 326 g/mol. The first-order valence-corrected chi connectivity index (χ1v) is 9.02. The highest BCUT2D eigenvalue weighted by Gasteiger charge is 2.26. The molecule has 0 unspecified atom stereocenters. The first kappa shape index (κ1) is 17.6. The fourth-order valence-electron chi connectivity index (χ4n) is 2.94. The minimum atomic E-state index is 0.224. The van der Waals surface area contributed by atoms with E-state index >= 15 is 0 Å². The molecule has 1 aromatic carbocycles. The molecule has 23 heavy (non-hydrogen) atoms. The molecule has 0 saturated heterocycles. The fourth-order valence-corrected chi connectivity index (χ4v) is 2.94. The van der Waals surface area contributed by atoms with Crippen LogP contribution in [0.5, 0.6) is 0 Å². The zero-order valence-electron chi connectivity index (χ0n) is 13.3. The molecule has 0 spiro atoms. The summed E-state index contributed by atoms with van der Waals surface area (Å²) in [5, 5.41) is 3.46. The van der Waals surface area contributed by atoms with Crippen LogP contribution in [0, 0.1) is 5.92 Å². The third kappa shape index (κ3) is 4.17. The molecule has 1 aliphatic carbocycles. The largest absolute Gasteiger partial charge is 0.368 e. The van der Waals surface area contributed by atoms with Crippen LogP contribution in [0.1, 0.15) is 43.3 Å². The Morgan fingerprint density at radius 1 is 1.22 bits per heavy atom. The average Bonchev–Trinajstić information content (AvgIpc) is 2.59. The van der Waals surface area contributed by atoms with E-state index in [9.17, 15) is 0 Å². The standard InChI is InChI=1S/C16H21N5.S2/c1-3-13-18-15(17)21-16(19-13)20-14-10(2)8-9-11-6-4-5-7-12(11)14;1-2/h4-7,10,14H,3,8-9H2,1-2H3,(H3,17,18,19,20,21);/t10-,14+;/m0./s1. The number of anilines is 2. The molecule has 0 radical (unpaired) electrons. The lowest BCUT2D eigenvalue weighted by molar-refractivity contribution is 0.432. The molecule has 0 aliphatic heterocycles. The molecule has 0 saturated carbocycles. The van der Waals surface area contributed by atoms with E-state index in [1.807, 2.05) is 6.92 Å². The van der Waals surface area contributed by atoms with Crippen molar-refractivity contribution >= 4 is 34.3 Å². The highest BCUT2D eigenvalue weighted by Crippen LogP contribution is 2.35. The molecule has 0 amide bonds. The van der Waals surface area contributed by atoms with Gasteiger partial charge in [-0.2, -0.15) is 15.0 Å². The summed E-state index contributed by atoms with van der Waals surface area (Å²) >= 11 is 7.33. The van der Waals surface area contributed by atoms with Gasteiger partial charge >= 0.3 is 0 Å². The fraction of sp³-hybridized carbons (Fsp3) is 0.438. The van der Waals surface area contributed by atoms with E-state index in [1.54, 1.807) is 0 Å². The Kier molecular flexibility index (Phi) is 6.29. The van der Waals surface area contributed by atoms with Crippen molar-refractivity contribution in [1.29, 1.82) is 0 Å². The van der Waals surface area contributed by atoms with Gasteiger partial charge in [0.25, 0.3) is 0 Å². The molecule has 7 heteroatoms. The van der Waals surface area contributed by atoms with Crippen LogP contribution in [0.2, 0.25) is 0 Å². The summed E-state index contributed by atoms with van der Waals surface area (Å²) in [6.07, 6.45) is 3.04. The predicted molar refractivity (Wildman–Crippen MR) is 98.6 cm³/mol. The number of rotatable bonds is 3. The Labute approximate surface area is 146 Å². The van der Waals surface area contributed by atoms with Crippen molar-refractivity contribution in [3.63, 3.8) is 0 Å². The van der Waals surface area contributed by atoms with Gasteiger partial charge in [-0.1, -0.05) is 38.1 Å². The van der Waals surface area contributed by atoms with Crippen LogP contribution in [0.15, 0.2) is 24.3 Å². The number of nitrogens with two attached hydrogens (primary N) is 1. The predicted octanol–water partition coefficient (Wildman–Crippen LogP) is 2.75. The minimum Gasteiger partial charge on any atom is -0.368 e. The zero-order valence-corrected chi connectivity index (χ0v) is 15.0. The van der Waals surface area contributed by atoms with E-state index in [2.05, 4.69) is 73.8 Å². The molecule has 0 bridgehead atoms. The number of nitrogens with zero attached hydrogens (tertiary/aromatic N) is 3. The summed E-state index contributed by atoms with van der Waals surface area (Å²) in [5.74, 6) is 2.11. The van der Waals surface area contributed by atoms with Gasteiger partial charge in [0.1, 0.15) is 5.82 Å². The third-order valence-electron chi connectivity index (χ3n) is 4.13. The van der Waals surface area contributed by atoms with Gasteiger partial charge in [-0.05, 0) is 29.9 Å². The molecule has 1 heterocycles. The monoisotopic (exact) mass is 347 g/mol. The molecule has 1 aromatic heterocycles. The number of aromatic nitrogens is 3. The minimum absolute atomic E-state index is 0.224. The molecule has 0 fully saturated rings. The molecular formula is C16H21N5S2. The van der Waals surface area contributed by atoms with Crippen molar-refractivity contribution in [1.82, 2.24) is 15.0 Å². The van der Waals surface area contributed by atoms with Crippen molar-refractivity contribution in [2.75, 3.05) is 11.1 Å². The molecule has 5 nitrogen and oxygen atoms in total. The summed E-state index contributed by atoms with van der Waals surface area (Å²) < 4.78 is 0. The summed E-state index contributed by atoms with van der Waals surface area (Å²) in [6, 6.07) is 8.80. The summed E-state index contributed by atoms with van der Waals surface area (Å²) in [5.41, 5.74) is 8.52. The van der Waals surface area contributed by atoms with Gasteiger partial charge in [-0.3, -0.25) is 0 Å². The second kappa shape index (κ2) is 8.21. The van der Waals surface area contributed by atoms with Gasteiger partial charge < -0.3 is 11.1 Å². The van der Waals surface area contributed by atoms with Crippen molar-refractivity contribution in [3.8, 4) is 0 Å². The quantitative estimate of drug-likeness (QED) is 0.884. The highest BCUT2D eigenvalue weighted by atomic mass is 32.8. The summed E-state index contributed by atoms with van der Waals surface area (Å²) in [6.45, 7) is 4.27. The summed E-state index contributed by atoms with van der Waals surface area (Å²) in [4.78, 5) is 12.8. The number of hydrogen-bond acceptors (Lipinski definition) is 7. The first-order chi connectivity index (χ1) is 11.2.